The Balaban J connectivity index is 1.59. The summed E-state index contributed by atoms with van der Waals surface area (Å²) in [5.74, 6) is 0. The first kappa shape index (κ1) is 14.8. The fraction of sp³-hybridized carbons (Fsp3) is 0.188. The molecule has 0 unspecified atom stereocenters. The standard InChI is InChI=1S/C16H17N5O2/c22-15(19-11-13-4-1-2-7-17-13)20-12-5-3-6-14(10-12)21-9-8-18-16(21)23/h1-7,10H,8-9,11H2,(H,18,23)(H2,19,20,22). The highest BCUT2D eigenvalue weighted by atomic mass is 16.2. The Kier molecular flexibility index (Phi) is 4.37. The Labute approximate surface area is 133 Å². The second-order valence-electron chi connectivity index (χ2n) is 5.06. The van der Waals surface area contributed by atoms with Gasteiger partial charge in [-0.05, 0) is 30.3 Å². The van der Waals surface area contributed by atoms with Gasteiger partial charge >= 0.3 is 12.1 Å². The summed E-state index contributed by atoms with van der Waals surface area (Å²) in [5, 5.41) is 8.24. The molecule has 0 radical (unpaired) electrons. The molecule has 23 heavy (non-hydrogen) atoms. The first-order valence-electron chi connectivity index (χ1n) is 7.32. The topological polar surface area (TPSA) is 86.4 Å². The number of carbonyl (C=O) groups excluding carboxylic acids is 2. The zero-order valence-corrected chi connectivity index (χ0v) is 12.5. The van der Waals surface area contributed by atoms with E-state index in [0.29, 0.717) is 25.3 Å². The first-order valence-corrected chi connectivity index (χ1v) is 7.32. The van der Waals surface area contributed by atoms with Crippen molar-refractivity contribution in [1.82, 2.24) is 15.6 Å². The van der Waals surface area contributed by atoms with Crippen LogP contribution >= 0.6 is 0 Å². The lowest BCUT2D eigenvalue weighted by atomic mass is 10.2. The summed E-state index contributed by atoms with van der Waals surface area (Å²) in [4.78, 5) is 29.4. The van der Waals surface area contributed by atoms with Gasteiger partial charge in [0.05, 0.1) is 12.2 Å². The van der Waals surface area contributed by atoms with Gasteiger partial charge in [0.2, 0.25) is 0 Å². The van der Waals surface area contributed by atoms with Crippen LogP contribution in [-0.2, 0) is 6.54 Å². The molecule has 4 amide bonds. The molecule has 0 bridgehead atoms. The quantitative estimate of drug-likeness (QED) is 0.806. The van der Waals surface area contributed by atoms with E-state index < -0.39 is 0 Å². The molecule has 2 heterocycles. The SMILES string of the molecule is O=C(NCc1ccccn1)Nc1cccc(N2CCNC2=O)c1. The summed E-state index contributed by atoms with van der Waals surface area (Å²) in [6.07, 6.45) is 1.68. The Bertz CT molecular complexity index is 705. The molecule has 1 aliphatic heterocycles. The number of rotatable bonds is 4. The molecule has 0 spiro atoms. The highest BCUT2D eigenvalue weighted by Gasteiger charge is 2.21. The van der Waals surface area contributed by atoms with Crippen LogP contribution in [0.2, 0.25) is 0 Å². The minimum atomic E-state index is -0.321. The van der Waals surface area contributed by atoms with Crippen LogP contribution in [0, 0.1) is 0 Å². The molecule has 7 nitrogen and oxygen atoms in total. The molecular weight excluding hydrogens is 294 g/mol. The number of hydrogen-bond donors (Lipinski definition) is 3. The molecular formula is C16H17N5O2. The van der Waals surface area contributed by atoms with E-state index in [1.165, 1.54) is 0 Å². The summed E-state index contributed by atoms with van der Waals surface area (Å²) in [6.45, 7) is 1.59. The van der Waals surface area contributed by atoms with Crippen LogP contribution < -0.4 is 20.9 Å². The average molecular weight is 311 g/mol. The van der Waals surface area contributed by atoms with Crippen molar-refractivity contribution in [2.45, 2.75) is 6.54 Å². The summed E-state index contributed by atoms with van der Waals surface area (Å²) in [7, 11) is 0. The predicted octanol–water partition coefficient (Wildman–Crippen LogP) is 1.93. The second kappa shape index (κ2) is 6.78. The maximum Gasteiger partial charge on any atom is 0.321 e. The second-order valence-corrected chi connectivity index (χ2v) is 5.06. The van der Waals surface area contributed by atoms with Gasteiger partial charge in [-0.15, -0.1) is 0 Å². The van der Waals surface area contributed by atoms with Crippen LogP contribution in [0.5, 0.6) is 0 Å². The smallest absolute Gasteiger partial charge is 0.321 e. The maximum absolute atomic E-state index is 11.9. The molecule has 0 atom stereocenters. The van der Waals surface area contributed by atoms with Crippen molar-refractivity contribution in [2.75, 3.05) is 23.3 Å². The van der Waals surface area contributed by atoms with Crippen molar-refractivity contribution in [1.29, 1.82) is 0 Å². The first-order chi connectivity index (χ1) is 11.2. The Hall–Kier alpha value is -3.09. The van der Waals surface area contributed by atoms with Gasteiger partial charge in [0.25, 0.3) is 0 Å². The molecule has 1 saturated heterocycles. The van der Waals surface area contributed by atoms with Crippen molar-refractivity contribution in [3.8, 4) is 0 Å². The largest absolute Gasteiger partial charge is 0.336 e. The number of anilines is 2. The molecule has 0 saturated carbocycles. The Morgan fingerprint density at radius 2 is 2.17 bits per heavy atom. The lowest BCUT2D eigenvalue weighted by molar-refractivity contribution is 0.251. The molecule has 2 aromatic rings. The molecule has 7 heteroatoms. The van der Waals surface area contributed by atoms with Crippen LogP contribution in [0.1, 0.15) is 5.69 Å². The molecule has 3 N–H and O–H groups in total. The minimum Gasteiger partial charge on any atom is -0.336 e. The Morgan fingerprint density at radius 1 is 1.26 bits per heavy atom. The van der Waals surface area contributed by atoms with E-state index in [2.05, 4.69) is 20.9 Å². The zero-order chi connectivity index (χ0) is 16.1. The van der Waals surface area contributed by atoms with E-state index in [1.807, 2.05) is 24.3 Å². The summed E-state index contributed by atoms with van der Waals surface area (Å²) >= 11 is 0. The number of nitrogens with zero attached hydrogens (tertiary/aromatic N) is 2. The average Bonchev–Trinajstić information content (AvgIpc) is 3.00. The zero-order valence-electron chi connectivity index (χ0n) is 12.5. The van der Waals surface area contributed by atoms with Crippen molar-refractivity contribution >= 4 is 23.4 Å². The molecule has 118 valence electrons. The molecule has 3 rings (SSSR count). The van der Waals surface area contributed by atoms with Gasteiger partial charge in [-0.2, -0.15) is 0 Å². The van der Waals surface area contributed by atoms with E-state index in [0.717, 1.165) is 11.4 Å². The molecule has 1 aromatic carbocycles. The third-order valence-electron chi connectivity index (χ3n) is 3.43. The van der Waals surface area contributed by atoms with Gasteiger partial charge < -0.3 is 16.0 Å². The molecule has 0 aliphatic carbocycles. The van der Waals surface area contributed by atoms with Gasteiger partial charge in [-0.25, -0.2) is 9.59 Å². The monoisotopic (exact) mass is 311 g/mol. The summed E-state index contributed by atoms with van der Waals surface area (Å²) in [5.41, 5.74) is 2.16. The number of pyridine rings is 1. The van der Waals surface area contributed by atoms with Gasteiger partial charge in [0.1, 0.15) is 0 Å². The van der Waals surface area contributed by atoms with Crippen molar-refractivity contribution < 1.29 is 9.59 Å². The van der Waals surface area contributed by atoms with E-state index in [9.17, 15) is 9.59 Å². The normalized spacial score (nSPS) is 13.6. The number of hydrogen-bond acceptors (Lipinski definition) is 3. The van der Waals surface area contributed by atoms with Gasteiger partial charge in [-0.1, -0.05) is 12.1 Å². The fourth-order valence-electron chi connectivity index (χ4n) is 2.32. The van der Waals surface area contributed by atoms with Crippen LogP contribution in [0.3, 0.4) is 0 Å². The predicted molar refractivity (Wildman–Crippen MR) is 87.3 cm³/mol. The number of nitrogens with one attached hydrogen (secondary N) is 3. The molecule has 1 aliphatic rings. The number of amides is 4. The number of benzene rings is 1. The number of urea groups is 2. The molecule has 1 fully saturated rings. The lowest BCUT2D eigenvalue weighted by Gasteiger charge is -2.15. The summed E-state index contributed by atoms with van der Waals surface area (Å²) in [6, 6.07) is 12.3. The van der Waals surface area contributed by atoms with Crippen LogP contribution in [0.25, 0.3) is 0 Å². The van der Waals surface area contributed by atoms with E-state index in [4.69, 9.17) is 0 Å². The Morgan fingerprint density at radius 3 is 2.91 bits per heavy atom. The van der Waals surface area contributed by atoms with E-state index in [1.54, 1.807) is 29.3 Å². The summed E-state index contributed by atoms with van der Waals surface area (Å²) < 4.78 is 0. The highest BCUT2D eigenvalue weighted by molar-refractivity contribution is 5.95. The van der Waals surface area contributed by atoms with Gasteiger partial charge in [0.15, 0.2) is 0 Å². The van der Waals surface area contributed by atoms with Crippen molar-refractivity contribution in [3.63, 3.8) is 0 Å². The number of carbonyl (C=O) groups is 2. The minimum absolute atomic E-state index is 0.123. The van der Waals surface area contributed by atoms with E-state index in [-0.39, 0.29) is 12.1 Å². The third-order valence-corrected chi connectivity index (χ3v) is 3.43. The van der Waals surface area contributed by atoms with Gasteiger partial charge in [-0.3, -0.25) is 9.88 Å². The maximum atomic E-state index is 11.9. The van der Waals surface area contributed by atoms with Crippen LogP contribution in [0.15, 0.2) is 48.7 Å². The van der Waals surface area contributed by atoms with Crippen molar-refractivity contribution in [2.24, 2.45) is 0 Å². The number of aromatic nitrogens is 1. The van der Waals surface area contributed by atoms with Crippen molar-refractivity contribution in [3.05, 3.63) is 54.4 Å². The van der Waals surface area contributed by atoms with Crippen LogP contribution in [0.4, 0.5) is 21.0 Å². The fourth-order valence-corrected chi connectivity index (χ4v) is 2.32. The highest BCUT2D eigenvalue weighted by Crippen LogP contribution is 2.20. The van der Waals surface area contributed by atoms with E-state index >= 15 is 0 Å². The molecule has 1 aromatic heterocycles. The lowest BCUT2D eigenvalue weighted by Crippen LogP contribution is -2.29. The van der Waals surface area contributed by atoms with Crippen LogP contribution in [-0.4, -0.2) is 30.1 Å². The van der Waals surface area contributed by atoms with Gasteiger partial charge in [0, 0.05) is 30.7 Å². The third kappa shape index (κ3) is 3.76.